The van der Waals surface area contributed by atoms with E-state index in [-0.39, 0.29) is 30.6 Å². The second kappa shape index (κ2) is 7.98. The van der Waals surface area contributed by atoms with E-state index in [0.29, 0.717) is 11.6 Å². The lowest BCUT2D eigenvalue weighted by Crippen LogP contribution is -2.45. The summed E-state index contributed by atoms with van der Waals surface area (Å²) in [5.41, 5.74) is -0.721. The van der Waals surface area contributed by atoms with E-state index in [1.54, 1.807) is 19.1 Å². The maximum absolute atomic E-state index is 15.3. The predicted octanol–water partition coefficient (Wildman–Crippen LogP) is 4.22. The Morgan fingerprint density at radius 2 is 1.83 bits per heavy atom. The highest BCUT2D eigenvalue weighted by Gasteiger charge is 2.48. The standard InChI is InChI=1S/C20H20F4N2O3S/c1-13-3-2-4-16(11-13)30(28,29)19(21)8-5-15(6-9-19)26-18(27)17-12-14(7-10-25-17)20(22,23)24/h2-4,7,10-12,15H,5-6,8-9H2,1H3,(H,26,27)/t15-,19-. The summed E-state index contributed by atoms with van der Waals surface area (Å²) in [6.45, 7) is 1.71. The van der Waals surface area contributed by atoms with Crippen LogP contribution in [0.2, 0.25) is 0 Å². The van der Waals surface area contributed by atoms with Crippen LogP contribution in [0, 0.1) is 6.92 Å². The van der Waals surface area contributed by atoms with E-state index in [0.717, 1.165) is 12.3 Å². The molecular weight excluding hydrogens is 424 g/mol. The number of carbonyl (C=O) groups is 1. The average Bonchev–Trinajstić information content (AvgIpc) is 2.69. The van der Waals surface area contributed by atoms with Crippen molar-refractivity contribution in [2.75, 3.05) is 0 Å². The van der Waals surface area contributed by atoms with Crippen LogP contribution >= 0.6 is 0 Å². The smallest absolute Gasteiger partial charge is 0.348 e. The maximum Gasteiger partial charge on any atom is 0.416 e. The molecule has 10 heteroatoms. The zero-order chi connectivity index (χ0) is 22.2. The Hall–Kier alpha value is -2.49. The first-order valence-corrected chi connectivity index (χ1v) is 10.7. The van der Waals surface area contributed by atoms with E-state index in [2.05, 4.69) is 10.3 Å². The van der Waals surface area contributed by atoms with E-state index in [1.807, 2.05) is 0 Å². The van der Waals surface area contributed by atoms with E-state index in [4.69, 9.17) is 0 Å². The summed E-state index contributed by atoms with van der Waals surface area (Å²) in [4.78, 5) is 15.8. The molecule has 0 unspecified atom stereocenters. The van der Waals surface area contributed by atoms with Crippen LogP contribution < -0.4 is 5.32 Å². The number of sulfone groups is 1. The topological polar surface area (TPSA) is 76.1 Å². The average molecular weight is 444 g/mol. The molecule has 1 aliphatic carbocycles. The van der Waals surface area contributed by atoms with Crippen molar-refractivity contribution in [3.8, 4) is 0 Å². The fourth-order valence-corrected chi connectivity index (χ4v) is 5.24. The lowest BCUT2D eigenvalue weighted by Gasteiger charge is -2.33. The second-order valence-corrected chi connectivity index (χ2v) is 9.59. The third-order valence-electron chi connectivity index (χ3n) is 5.17. The molecule has 1 saturated carbocycles. The summed E-state index contributed by atoms with van der Waals surface area (Å²) >= 11 is 0. The molecular formula is C20H20F4N2O3S. The van der Waals surface area contributed by atoms with Gasteiger partial charge >= 0.3 is 6.18 Å². The minimum absolute atomic E-state index is 0.0340. The predicted molar refractivity (Wildman–Crippen MR) is 101 cm³/mol. The van der Waals surface area contributed by atoms with Crippen LogP contribution in [0.25, 0.3) is 0 Å². The van der Waals surface area contributed by atoms with Crippen LogP contribution in [0.5, 0.6) is 0 Å². The minimum Gasteiger partial charge on any atom is -0.348 e. The first-order chi connectivity index (χ1) is 13.9. The van der Waals surface area contributed by atoms with Crippen molar-refractivity contribution in [2.24, 2.45) is 0 Å². The van der Waals surface area contributed by atoms with E-state index >= 15 is 4.39 Å². The molecule has 1 heterocycles. The van der Waals surface area contributed by atoms with Crippen LogP contribution in [0.1, 0.15) is 47.3 Å². The summed E-state index contributed by atoms with van der Waals surface area (Å²) in [5.74, 6) is -0.820. The first kappa shape index (κ1) is 22.2. The number of hydrogen-bond donors (Lipinski definition) is 1. The maximum atomic E-state index is 15.3. The van der Waals surface area contributed by atoms with Gasteiger partial charge in [-0.2, -0.15) is 13.2 Å². The van der Waals surface area contributed by atoms with Crippen molar-refractivity contribution in [1.82, 2.24) is 10.3 Å². The lowest BCUT2D eigenvalue weighted by molar-refractivity contribution is -0.137. The number of benzene rings is 1. The molecule has 3 rings (SSSR count). The summed E-state index contributed by atoms with van der Waals surface area (Å²) in [7, 11) is -4.23. The molecule has 1 fully saturated rings. The number of hydrogen-bond acceptors (Lipinski definition) is 4. The molecule has 0 bridgehead atoms. The van der Waals surface area contributed by atoms with Gasteiger partial charge in [0.25, 0.3) is 5.91 Å². The van der Waals surface area contributed by atoms with Gasteiger partial charge in [0.2, 0.25) is 14.8 Å². The summed E-state index contributed by atoms with van der Waals surface area (Å²) in [6.07, 6.45) is -4.31. The highest BCUT2D eigenvalue weighted by molar-refractivity contribution is 7.92. The number of aryl methyl sites for hydroxylation is 1. The molecule has 2 aromatic rings. The Balaban J connectivity index is 1.68. The highest BCUT2D eigenvalue weighted by atomic mass is 32.2. The molecule has 1 aromatic carbocycles. The van der Waals surface area contributed by atoms with Crippen molar-refractivity contribution in [2.45, 2.75) is 54.7 Å². The van der Waals surface area contributed by atoms with Gasteiger partial charge in [-0.1, -0.05) is 12.1 Å². The molecule has 162 valence electrons. The molecule has 1 aromatic heterocycles. The third-order valence-corrected chi connectivity index (χ3v) is 7.41. The Morgan fingerprint density at radius 3 is 2.43 bits per heavy atom. The van der Waals surface area contributed by atoms with Crippen molar-refractivity contribution in [3.05, 3.63) is 59.4 Å². The summed E-state index contributed by atoms with van der Waals surface area (Å²) in [5, 5.41) is 0.0598. The molecule has 0 saturated heterocycles. The van der Waals surface area contributed by atoms with Crippen LogP contribution in [-0.4, -0.2) is 30.4 Å². The normalized spacial score (nSPS) is 22.5. The van der Waals surface area contributed by atoms with Crippen LogP contribution in [0.4, 0.5) is 17.6 Å². The van der Waals surface area contributed by atoms with Crippen LogP contribution in [-0.2, 0) is 16.0 Å². The molecule has 30 heavy (non-hydrogen) atoms. The second-order valence-electron chi connectivity index (χ2n) is 7.38. The number of pyridine rings is 1. The van der Waals surface area contributed by atoms with Crippen molar-refractivity contribution >= 4 is 15.7 Å². The van der Waals surface area contributed by atoms with Gasteiger partial charge in [0.1, 0.15) is 5.69 Å². The molecule has 5 nitrogen and oxygen atoms in total. The van der Waals surface area contributed by atoms with Crippen molar-refractivity contribution in [1.29, 1.82) is 0 Å². The molecule has 0 spiro atoms. The van der Waals surface area contributed by atoms with Crippen LogP contribution in [0.15, 0.2) is 47.5 Å². The van der Waals surface area contributed by atoms with Gasteiger partial charge in [0, 0.05) is 12.2 Å². The van der Waals surface area contributed by atoms with E-state index in [1.165, 1.54) is 12.1 Å². The third kappa shape index (κ3) is 4.48. The van der Waals surface area contributed by atoms with Gasteiger partial charge in [0.05, 0.1) is 10.5 Å². The number of halogens is 4. The zero-order valence-corrected chi connectivity index (χ0v) is 16.9. The molecule has 0 radical (unpaired) electrons. The van der Waals surface area contributed by atoms with E-state index in [9.17, 15) is 26.4 Å². The summed E-state index contributed by atoms with van der Waals surface area (Å²) in [6, 6.07) is 6.83. The lowest BCUT2D eigenvalue weighted by atomic mass is 9.93. The number of nitrogens with one attached hydrogen (secondary N) is 1. The number of rotatable bonds is 4. The van der Waals surface area contributed by atoms with Crippen molar-refractivity contribution < 1.29 is 30.8 Å². The first-order valence-electron chi connectivity index (χ1n) is 9.27. The minimum atomic E-state index is -4.61. The molecule has 0 atom stereocenters. The molecule has 0 aliphatic heterocycles. The Labute approximate surface area is 171 Å². The summed E-state index contributed by atoms with van der Waals surface area (Å²) < 4.78 is 79.3. The Morgan fingerprint density at radius 1 is 1.17 bits per heavy atom. The van der Waals surface area contributed by atoms with Gasteiger partial charge in [-0.05, 0) is 62.4 Å². The largest absolute Gasteiger partial charge is 0.416 e. The van der Waals surface area contributed by atoms with Gasteiger partial charge in [0.15, 0.2) is 0 Å². The fraction of sp³-hybridized carbons (Fsp3) is 0.400. The van der Waals surface area contributed by atoms with Crippen LogP contribution in [0.3, 0.4) is 0 Å². The molecule has 1 amide bonds. The van der Waals surface area contributed by atoms with E-state index < -0.39 is 44.2 Å². The fourth-order valence-electron chi connectivity index (χ4n) is 3.45. The van der Waals surface area contributed by atoms with Gasteiger partial charge in [-0.3, -0.25) is 9.78 Å². The highest BCUT2D eigenvalue weighted by Crippen LogP contribution is 2.40. The number of amides is 1. The van der Waals surface area contributed by atoms with Gasteiger partial charge in [-0.25, -0.2) is 12.8 Å². The number of carbonyl (C=O) groups excluding carboxylic acids is 1. The molecule has 1 N–H and O–H groups in total. The number of alkyl halides is 4. The van der Waals surface area contributed by atoms with Gasteiger partial charge in [-0.15, -0.1) is 0 Å². The zero-order valence-electron chi connectivity index (χ0n) is 16.0. The monoisotopic (exact) mass is 444 g/mol. The Kier molecular flexibility index (Phi) is 5.90. The number of nitrogens with zero attached hydrogens (tertiary/aromatic N) is 1. The SMILES string of the molecule is Cc1cccc(S(=O)(=O)[C@]2(F)CC[C@@H](NC(=O)c3cc(C(F)(F)F)ccn3)CC2)c1. The molecule has 1 aliphatic rings. The number of aromatic nitrogens is 1. The van der Waals surface area contributed by atoms with Crippen molar-refractivity contribution in [3.63, 3.8) is 0 Å². The quantitative estimate of drug-likeness (QED) is 0.717. The van der Waals surface area contributed by atoms with Gasteiger partial charge < -0.3 is 5.32 Å². The Bertz CT molecular complexity index is 1050.